The lowest BCUT2D eigenvalue weighted by atomic mass is 9.95. The Bertz CT molecular complexity index is 1200. The van der Waals surface area contributed by atoms with Gasteiger partial charge in [-0.15, -0.1) is 0 Å². The second-order valence-corrected chi connectivity index (χ2v) is 14.0. The molecule has 5 aliphatic heterocycles. The maximum absolute atomic E-state index is 11.4. The molecule has 5 fully saturated rings. The van der Waals surface area contributed by atoms with Crippen LogP contribution in [0.15, 0.2) is 0 Å². The Labute approximate surface area is 316 Å². The first-order chi connectivity index (χ1) is 26.5. The number of aliphatic hydroxyl groups is 17. The largest absolute Gasteiger partial charge is 0.394 e. The van der Waals surface area contributed by atoms with Crippen molar-refractivity contribution in [2.24, 2.45) is 0 Å². The zero-order valence-corrected chi connectivity index (χ0v) is 29.2. The molecule has 56 heavy (non-hydrogen) atoms. The van der Waals surface area contributed by atoms with E-state index in [4.69, 9.17) is 42.6 Å². The highest BCUT2D eigenvalue weighted by atomic mass is 16.8. The maximum atomic E-state index is 11.4. The Kier molecular flexibility index (Phi) is 16.1. The van der Waals surface area contributed by atoms with E-state index in [0.29, 0.717) is 0 Å². The molecule has 26 heteroatoms. The third-order valence-electron chi connectivity index (χ3n) is 10.3. The van der Waals surface area contributed by atoms with Crippen molar-refractivity contribution in [2.75, 3.05) is 33.0 Å². The van der Waals surface area contributed by atoms with Crippen molar-refractivity contribution in [2.45, 2.75) is 154 Å². The Morgan fingerprint density at radius 1 is 0.304 bits per heavy atom. The van der Waals surface area contributed by atoms with Gasteiger partial charge in [-0.05, 0) is 0 Å². The molecule has 5 saturated heterocycles. The predicted molar refractivity (Wildman–Crippen MR) is 167 cm³/mol. The van der Waals surface area contributed by atoms with E-state index in [2.05, 4.69) is 0 Å². The molecule has 5 rings (SSSR count). The first-order valence-corrected chi connectivity index (χ1v) is 17.6. The highest BCUT2D eigenvalue weighted by molar-refractivity contribution is 4.99. The van der Waals surface area contributed by atoms with Crippen LogP contribution >= 0.6 is 0 Å². The summed E-state index contributed by atoms with van der Waals surface area (Å²) in [5, 5.41) is 176. The van der Waals surface area contributed by atoms with Crippen molar-refractivity contribution in [3.8, 4) is 0 Å². The van der Waals surface area contributed by atoms with Gasteiger partial charge in [0.25, 0.3) is 0 Å². The zero-order chi connectivity index (χ0) is 41.3. The van der Waals surface area contributed by atoms with Gasteiger partial charge in [-0.3, -0.25) is 0 Å². The smallest absolute Gasteiger partial charge is 0.187 e. The van der Waals surface area contributed by atoms with Crippen LogP contribution < -0.4 is 0 Å². The minimum atomic E-state index is -2.28. The Morgan fingerprint density at radius 2 is 0.607 bits per heavy atom. The Hall–Kier alpha value is -1.04. The van der Waals surface area contributed by atoms with E-state index in [-0.39, 0.29) is 0 Å². The highest BCUT2D eigenvalue weighted by Gasteiger charge is 2.57. The van der Waals surface area contributed by atoms with Gasteiger partial charge in [-0.2, -0.15) is 0 Å². The molecule has 328 valence electrons. The third kappa shape index (κ3) is 9.31. The fraction of sp³-hybridized carbons (Fsp3) is 1.00. The summed E-state index contributed by atoms with van der Waals surface area (Å²) in [6.07, 6.45) is -48.1. The third-order valence-corrected chi connectivity index (χ3v) is 10.3. The SMILES string of the molecule is OC[C@H]1O[C@@H](OC[C@H]2O[C@@H](O)[C@H](O[C@@H]3O[C@H](CO)[C@H](O)[C@H](O)[C@H]3O)[C@@H](O[C@@H]3O[C@H](CO)[C@H](O)[C@H](O)[C@H]3O)[C@@H]2O[C@@H]2O[C@H](CO)[C@H](O)[C@H](O)[C@H]2O)[C@H](O)[C@@H](O)[C@H]1O. The minimum Gasteiger partial charge on any atom is -0.394 e. The molecular weight excluding hydrogens is 776 g/mol. The molecular formula is C30H52O26. The van der Waals surface area contributed by atoms with Gasteiger partial charge in [0.15, 0.2) is 31.5 Å². The quantitative estimate of drug-likeness (QED) is 0.0819. The van der Waals surface area contributed by atoms with Crippen molar-refractivity contribution < 1.29 is 129 Å². The maximum Gasteiger partial charge on any atom is 0.187 e. The number of aliphatic hydroxyl groups excluding tert-OH is 17. The zero-order valence-electron chi connectivity index (χ0n) is 29.2. The van der Waals surface area contributed by atoms with Crippen LogP contribution in [0.25, 0.3) is 0 Å². The molecule has 25 atom stereocenters. The second-order valence-electron chi connectivity index (χ2n) is 14.0. The van der Waals surface area contributed by atoms with Crippen LogP contribution in [0.1, 0.15) is 0 Å². The van der Waals surface area contributed by atoms with Crippen LogP contribution in [0.5, 0.6) is 0 Å². The summed E-state index contributed by atoms with van der Waals surface area (Å²) in [5.74, 6) is 0. The first-order valence-electron chi connectivity index (χ1n) is 17.6. The summed E-state index contributed by atoms with van der Waals surface area (Å²) in [7, 11) is 0. The summed E-state index contributed by atoms with van der Waals surface area (Å²) in [5.41, 5.74) is 0. The van der Waals surface area contributed by atoms with Crippen molar-refractivity contribution in [1.82, 2.24) is 0 Å². The molecule has 0 saturated carbocycles. The summed E-state index contributed by atoms with van der Waals surface area (Å²) in [4.78, 5) is 0. The highest BCUT2D eigenvalue weighted by Crippen LogP contribution is 2.36. The molecule has 5 heterocycles. The van der Waals surface area contributed by atoms with E-state index < -0.39 is 187 Å². The van der Waals surface area contributed by atoms with Gasteiger partial charge in [-0.25, -0.2) is 0 Å². The number of ether oxygens (including phenoxy) is 9. The van der Waals surface area contributed by atoms with Crippen LogP contribution in [0, 0.1) is 0 Å². The molecule has 26 nitrogen and oxygen atoms in total. The molecule has 0 aromatic rings. The van der Waals surface area contributed by atoms with Crippen LogP contribution in [-0.2, 0) is 42.6 Å². The Morgan fingerprint density at radius 3 is 0.964 bits per heavy atom. The fourth-order valence-electron chi connectivity index (χ4n) is 6.89. The summed E-state index contributed by atoms with van der Waals surface area (Å²) in [6, 6.07) is 0. The first kappa shape index (κ1) is 46.0. The normalized spacial score (nSPS) is 53.2. The van der Waals surface area contributed by atoms with Gasteiger partial charge in [-0.1, -0.05) is 0 Å². The topological polar surface area (TPSA) is 427 Å². The van der Waals surface area contributed by atoms with E-state index >= 15 is 0 Å². The van der Waals surface area contributed by atoms with Gasteiger partial charge in [0.2, 0.25) is 0 Å². The van der Waals surface area contributed by atoms with E-state index in [0.717, 1.165) is 0 Å². The lowest BCUT2D eigenvalue weighted by Gasteiger charge is -2.50. The second kappa shape index (κ2) is 19.6. The predicted octanol–water partition coefficient (Wildman–Crippen LogP) is -11.9. The average molecular weight is 829 g/mol. The van der Waals surface area contributed by atoms with Gasteiger partial charge in [0, 0.05) is 0 Å². The lowest BCUT2D eigenvalue weighted by Crippen LogP contribution is -2.69. The van der Waals surface area contributed by atoms with Crippen molar-refractivity contribution in [3.63, 3.8) is 0 Å². The molecule has 0 aromatic heterocycles. The van der Waals surface area contributed by atoms with Crippen molar-refractivity contribution in [1.29, 1.82) is 0 Å². The monoisotopic (exact) mass is 828 g/mol. The van der Waals surface area contributed by atoms with Crippen LogP contribution in [0.3, 0.4) is 0 Å². The van der Waals surface area contributed by atoms with E-state index in [9.17, 15) is 86.8 Å². The lowest BCUT2D eigenvalue weighted by molar-refractivity contribution is -0.408. The van der Waals surface area contributed by atoms with E-state index in [1.54, 1.807) is 0 Å². The van der Waals surface area contributed by atoms with Gasteiger partial charge in [0.05, 0.1) is 33.0 Å². The molecule has 0 amide bonds. The number of hydrogen-bond acceptors (Lipinski definition) is 26. The number of hydrogen-bond donors (Lipinski definition) is 17. The molecule has 0 unspecified atom stereocenters. The molecule has 0 radical (unpaired) electrons. The van der Waals surface area contributed by atoms with Gasteiger partial charge >= 0.3 is 0 Å². The van der Waals surface area contributed by atoms with E-state index in [1.807, 2.05) is 0 Å². The van der Waals surface area contributed by atoms with Crippen LogP contribution in [0.2, 0.25) is 0 Å². The van der Waals surface area contributed by atoms with E-state index in [1.165, 1.54) is 0 Å². The number of rotatable bonds is 13. The Balaban J connectivity index is 1.53. The summed E-state index contributed by atoms with van der Waals surface area (Å²) in [6.45, 7) is -4.52. The van der Waals surface area contributed by atoms with Gasteiger partial charge < -0.3 is 129 Å². The molecule has 0 bridgehead atoms. The van der Waals surface area contributed by atoms with Crippen LogP contribution in [-0.4, -0.2) is 273 Å². The average Bonchev–Trinajstić information content (AvgIpc) is 3.19. The van der Waals surface area contributed by atoms with Gasteiger partial charge in [0.1, 0.15) is 122 Å². The fourth-order valence-corrected chi connectivity index (χ4v) is 6.89. The van der Waals surface area contributed by atoms with Crippen LogP contribution in [0.4, 0.5) is 0 Å². The van der Waals surface area contributed by atoms with Crippen molar-refractivity contribution >= 4 is 0 Å². The van der Waals surface area contributed by atoms with Crippen molar-refractivity contribution in [3.05, 3.63) is 0 Å². The molecule has 5 aliphatic rings. The molecule has 0 spiro atoms. The standard InChI is InChI=1S/C30H52O26/c31-1-6-11(35)15(39)19(43)27(50-6)48-5-10-23(54-28-20(44)16(40)12(36)7(2-32)51-28)24(55-29-21(45)17(41)13(37)8(3-33)52-29)25(26(47)49-10)56-30-22(46)18(42)14(38)9(4-34)53-30/h6-47H,1-5H2/t6-,7-,8-,9-,10-,11+,12+,13+,14+,15+,16+,17+,18+,19-,20-,21-,22-,23-,24+,25-,26-,27-,28+,29+,30+/m1/s1. The minimum absolute atomic E-state index is 0.849. The molecule has 0 aliphatic carbocycles. The molecule has 0 aromatic carbocycles. The summed E-state index contributed by atoms with van der Waals surface area (Å²) < 4.78 is 50.7. The molecule has 17 N–H and O–H groups in total. The summed E-state index contributed by atoms with van der Waals surface area (Å²) >= 11 is 0.